The van der Waals surface area contributed by atoms with Crippen molar-refractivity contribution in [2.24, 2.45) is 0 Å². The Balaban J connectivity index is 3.39. The molecule has 4 nitrogen and oxygen atoms in total. The largest absolute Gasteiger partial charge is 0.249 e. The number of nitrogens with zero attached hydrogens (tertiary/aromatic N) is 2. The Morgan fingerprint density at radius 1 is 1.71 bits per heavy atom. The molecule has 1 rings (SSSR count). The van der Waals surface area contributed by atoms with Gasteiger partial charge in [-0.15, -0.1) is 12.3 Å². The molecule has 0 aliphatic heterocycles. The molecule has 0 spiro atoms. The van der Waals surface area contributed by atoms with E-state index in [2.05, 4.69) is 15.6 Å². The number of nitrogens with one attached hydrogen (secondary N) is 1. The van der Waals surface area contributed by atoms with Crippen molar-refractivity contribution in [2.75, 3.05) is 6.26 Å². The van der Waals surface area contributed by atoms with Crippen molar-refractivity contribution in [3.63, 3.8) is 0 Å². The minimum absolute atomic E-state index is 0.174. The topological polar surface area (TPSA) is 65.8 Å². The van der Waals surface area contributed by atoms with Crippen molar-refractivity contribution in [1.82, 2.24) is 9.71 Å². The molecule has 0 aromatic carbocycles. The number of aromatic nitrogens is 1. The zero-order valence-electron chi connectivity index (χ0n) is 9.11. The standard InChI is InChI=1S/C11H10ClN3OS/c1-3-4-10(17(2,16)15-8-13)9-5-6-11(12)14-7-9/h1,5-7H,4H2,2H3,(H,15,16). The SMILES string of the molecule is C#CCC(c1ccc(Cl)nc1)=S(C)(=O)NC#N. The monoisotopic (exact) mass is 267 g/mol. The highest BCUT2D eigenvalue weighted by Gasteiger charge is 2.11. The molecule has 17 heavy (non-hydrogen) atoms. The van der Waals surface area contributed by atoms with Gasteiger partial charge < -0.3 is 0 Å². The number of pyridine rings is 1. The van der Waals surface area contributed by atoms with Gasteiger partial charge in [-0.1, -0.05) is 11.6 Å². The molecule has 0 bridgehead atoms. The predicted molar refractivity (Wildman–Crippen MR) is 69.6 cm³/mol. The summed E-state index contributed by atoms with van der Waals surface area (Å²) in [5.41, 5.74) is 0.614. The third kappa shape index (κ3) is 3.39. The second-order valence-electron chi connectivity index (χ2n) is 3.23. The normalized spacial score (nSPS) is 12.9. The van der Waals surface area contributed by atoms with Crippen LogP contribution in [0.5, 0.6) is 0 Å². The summed E-state index contributed by atoms with van der Waals surface area (Å²) in [5, 5.41) is 8.91. The van der Waals surface area contributed by atoms with E-state index in [-0.39, 0.29) is 6.42 Å². The molecule has 0 saturated heterocycles. The Morgan fingerprint density at radius 2 is 2.41 bits per heavy atom. The van der Waals surface area contributed by atoms with Gasteiger partial charge in [-0.05, 0) is 12.1 Å². The van der Waals surface area contributed by atoms with Crippen LogP contribution >= 0.6 is 11.6 Å². The molecule has 0 saturated carbocycles. The van der Waals surface area contributed by atoms with Gasteiger partial charge in [-0.3, -0.25) is 0 Å². The fraction of sp³-hybridized carbons (Fsp3) is 0.182. The van der Waals surface area contributed by atoms with Gasteiger partial charge in [-0.25, -0.2) is 13.9 Å². The number of nitriles is 1. The van der Waals surface area contributed by atoms with Gasteiger partial charge >= 0.3 is 0 Å². The van der Waals surface area contributed by atoms with E-state index in [1.54, 1.807) is 18.3 Å². The van der Waals surface area contributed by atoms with E-state index in [4.69, 9.17) is 23.3 Å². The molecule has 1 aromatic rings. The Hall–Kier alpha value is -1.69. The van der Waals surface area contributed by atoms with Gasteiger partial charge in [-0.2, -0.15) is 5.26 Å². The first-order valence-electron chi connectivity index (χ1n) is 4.57. The first kappa shape index (κ1) is 13.4. The van der Waals surface area contributed by atoms with E-state index in [9.17, 15) is 4.21 Å². The van der Waals surface area contributed by atoms with Gasteiger partial charge in [0.2, 0.25) is 0 Å². The fourth-order valence-electron chi connectivity index (χ4n) is 1.25. The lowest BCUT2D eigenvalue weighted by atomic mass is 10.2. The molecule has 1 unspecified atom stereocenters. The number of halogens is 1. The molecule has 6 heteroatoms. The Kier molecular flexibility index (Phi) is 4.39. The van der Waals surface area contributed by atoms with Crippen LogP contribution in [0.2, 0.25) is 5.15 Å². The second kappa shape index (κ2) is 5.58. The van der Waals surface area contributed by atoms with Gasteiger partial charge in [0.15, 0.2) is 6.19 Å². The highest BCUT2D eigenvalue weighted by molar-refractivity contribution is 8.00. The number of hydrogen-bond donors (Lipinski definition) is 1. The summed E-state index contributed by atoms with van der Waals surface area (Å²) in [6, 6.07) is 3.25. The van der Waals surface area contributed by atoms with Crippen molar-refractivity contribution in [3.8, 4) is 18.5 Å². The molecule has 0 aliphatic rings. The Bertz CT molecular complexity index is 601. The maximum Gasteiger partial charge on any atom is 0.188 e. The summed E-state index contributed by atoms with van der Waals surface area (Å²) >= 11 is 5.67. The summed E-state index contributed by atoms with van der Waals surface area (Å²) in [6.07, 6.45) is 9.99. The van der Waals surface area contributed by atoms with Crippen molar-refractivity contribution in [2.45, 2.75) is 6.42 Å². The minimum atomic E-state index is -2.67. The third-order valence-corrected chi connectivity index (χ3v) is 4.05. The predicted octanol–water partition coefficient (Wildman–Crippen LogP) is 1.18. The summed E-state index contributed by atoms with van der Waals surface area (Å²) in [4.78, 5) is 4.36. The van der Waals surface area contributed by atoms with Gasteiger partial charge in [0.05, 0.1) is 9.71 Å². The summed E-state index contributed by atoms with van der Waals surface area (Å²) in [6.45, 7) is 0. The van der Waals surface area contributed by atoms with E-state index in [0.29, 0.717) is 15.6 Å². The molecule has 0 fully saturated rings. The van der Waals surface area contributed by atoms with Crippen LogP contribution in [0.3, 0.4) is 0 Å². The van der Waals surface area contributed by atoms with Crippen molar-refractivity contribution in [3.05, 3.63) is 29.0 Å². The van der Waals surface area contributed by atoms with Crippen LogP contribution in [0.15, 0.2) is 18.3 Å². The lowest BCUT2D eigenvalue weighted by molar-refractivity contribution is 0.681. The lowest BCUT2D eigenvalue weighted by Crippen LogP contribution is -2.25. The average molecular weight is 268 g/mol. The second-order valence-corrected chi connectivity index (χ2v) is 6.00. The smallest absolute Gasteiger partial charge is 0.188 e. The number of rotatable bonds is 3. The molecule has 1 atom stereocenters. The van der Waals surface area contributed by atoms with E-state index in [1.165, 1.54) is 12.5 Å². The molecule has 88 valence electrons. The zero-order chi connectivity index (χ0) is 12.9. The van der Waals surface area contributed by atoms with Crippen LogP contribution in [0.25, 0.3) is 0 Å². The van der Waals surface area contributed by atoms with Crippen molar-refractivity contribution >= 4 is 26.2 Å². The quantitative estimate of drug-likeness (QED) is 0.223. The Morgan fingerprint density at radius 3 is 2.88 bits per heavy atom. The average Bonchev–Trinajstić information content (AvgIpc) is 2.27. The van der Waals surface area contributed by atoms with E-state index in [1.807, 2.05) is 0 Å². The zero-order valence-corrected chi connectivity index (χ0v) is 10.7. The molecule has 1 heterocycles. The molecular weight excluding hydrogens is 258 g/mol. The van der Waals surface area contributed by atoms with Gasteiger partial charge in [0, 0.05) is 29.3 Å². The van der Waals surface area contributed by atoms with Crippen LogP contribution in [0.1, 0.15) is 12.0 Å². The number of terminal acetylenes is 1. The summed E-state index contributed by atoms with van der Waals surface area (Å²) in [7, 11) is -2.67. The number of hydrogen-bond acceptors (Lipinski definition) is 3. The third-order valence-electron chi connectivity index (χ3n) is 2.02. The van der Waals surface area contributed by atoms with Crippen LogP contribution < -0.4 is 4.72 Å². The first-order valence-corrected chi connectivity index (χ1v) is 6.92. The summed E-state index contributed by atoms with van der Waals surface area (Å²) < 4.78 is 14.5. The molecule has 1 N–H and O–H groups in total. The first-order chi connectivity index (χ1) is 8.01. The molecule has 1 aromatic heterocycles. The van der Waals surface area contributed by atoms with E-state index >= 15 is 0 Å². The van der Waals surface area contributed by atoms with Crippen molar-refractivity contribution in [1.29, 1.82) is 5.26 Å². The van der Waals surface area contributed by atoms with Gasteiger partial charge in [0.1, 0.15) is 5.15 Å². The fourth-order valence-corrected chi connectivity index (χ4v) is 2.59. The van der Waals surface area contributed by atoms with Crippen molar-refractivity contribution < 1.29 is 4.21 Å². The Labute approximate surface area is 106 Å². The maximum atomic E-state index is 12.2. The molecule has 0 amide bonds. The molecule has 0 aliphatic carbocycles. The van der Waals surface area contributed by atoms with Crippen LogP contribution in [-0.2, 0) is 9.71 Å². The lowest BCUT2D eigenvalue weighted by Gasteiger charge is -2.10. The van der Waals surface area contributed by atoms with Crippen LogP contribution in [-0.4, -0.2) is 20.3 Å². The summed E-state index contributed by atoms with van der Waals surface area (Å²) in [5.74, 6) is 2.42. The van der Waals surface area contributed by atoms with Crippen LogP contribution in [0.4, 0.5) is 0 Å². The highest BCUT2D eigenvalue weighted by atomic mass is 35.5. The molecule has 0 radical (unpaired) electrons. The highest BCUT2D eigenvalue weighted by Crippen LogP contribution is 2.09. The molecular formula is C11H10ClN3OS. The minimum Gasteiger partial charge on any atom is -0.249 e. The van der Waals surface area contributed by atoms with Crippen LogP contribution in [0, 0.1) is 23.8 Å². The maximum absolute atomic E-state index is 12.2. The van der Waals surface area contributed by atoms with Gasteiger partial charge in [0.25, 0.3) is 0 Å². The van der Waals surface area contributed by atoms with E-state index < -0.39 is 9.71 Å². The van der Waals surface area contributed by atoms with E-state index in [0.717, 1.165) is 0 Å².